The van der Waals surface area contributed by atoms with Gasteiger partial charge in [0.05, 0.1) is 17.7 Å². The van der Waals surface area contributed by atoms with Crippen LogP contribution >= 0.6 is 11.6 Å². The molecule has 1 aromatic heterocycles. The molecule has 0 atom stereocenters. The molecule has 1 fully saturated rings. The number of aromatic nitrogens is 2. The maximum atomic E-state index is 13.8. The maximum absolute atomic E-state index is 13.8. The third-order valence-electron chi connectivity index (χ3n) is 7.47. The number of fused-ring (bicyclic) bond motifs is 2. The fourth-order valence-corrected chi connectivity index (χ4v) is 5.86. The zero-order valence-electron chi connectivity index (χ0n) is 21.4. The maximum Gasteiger partial charge on any atom is 0.354 e. The third kappa shape index (κ3) is 4.05. The highest BCUT2D eigenvalue weighted by atomic mass is 35.5. The summed E-state index contributed by atoms with van der Waals surface area (Å²) in [6.45, 7) is 10.3. The van der Waals surface area contributed by atoms with Crippen LogP contribution in [0, 0.1) is 6.92 Å². The molecule has 0 bridgehead atoms. The van der Waals surface area contributed by atoms with Crippen LogP contribution in [0.1, 0.15) is 42.0 Å². The van der Waals surface area contributed by atoms with E-state index in [1.807, 2.05) is 30.5 Å². The number of hydrogen-bond donors (Lipinski definition) is 1. The zero-order valence-corrected chi connectivity index (χ0v) is 22.1. The van der Waals surface area contributed by atoms with Crippen molar-refractivity contribution in [3.8, 4) is 16.8 Å². The molecule has 6 nitrogen and oxygen atoms in total. The summed E-state index contributed by atoms with van der Waals surface area (Å²) >= 11 is 7.05. The van der Waals surface area contributed by atoms with Crippen LogP contribution in [0.15, 0.2) is 58.3 Å². The Hall–Kier alpha value is -3.48. The van der Waals surface area contributed by atoms with Crippen molar-refractivity contribution in [3.05, 3.63) is 86.3 Å². The summed E-state index contributed by atoms with van der Waals surface area (Å²) in [5, 5.41) is 4.91. The van der Waals surface area contributed by atoms with Gasteiger partial charge < -0.3 is 10.2 Å². The van der Waals surface area contributed by atoms with E-state index in [2.05, 4.69) is 65.2 Å². The molecule has 2 aliphatic heterocycles. The van der Waals surface area contributed by atoms with Gasteiger partial charge in [0, 0.05) is 53.9 Å². The summed E-state index contributed by atoms with van der Waals surface area (Å²) in [5.41, 5.74) is 7.89. The minimum absolute atomic E-state index is 0.244. The lowest BCUT2D eigenvalue weighted by Gasteiger charge is -2.30. The third-order valence-corrected chi connectivity index (χ3v) is 7.78. The van der Waals surface area contributed by atoms with Gasteiger partial charge in [0.15, 0.2) is 0 Å². The highest BCUT2D eigenvalue weighted by Gasteiger charge is 2.24. The van der Waals surface area contributed by atoms with Gasteiger partial charge in [-0.3, -0.25) is 9.56 Å². The average molecular weight is 512 g/mol. The fourth-order valence-electron chi connectivity index (χ4n) is 5.60. The quantitative estimate of drug-likeness (QED) is 0.394. The van der Waals surface area contributed by atoms with Crippen molar-refractivity contribution in [3.63, 3.8) is 0 Å². The van der Waals surface area contributed by atoms with E-state index < -0.39 is 0 Å². The van der Waals surface area contributed by atoms with E-state index in [0.29, 0.717) is 17.4 Å². The van der Waals surface area contributed by atoms with E-state index in [1.54, 1.807) is 4.57 Å². The fraction of sp³-hybridized carbons (Fsp3) is 0.300. The first kappa shape index (κ1) is 23.9. The van der Waals surface area contributed by atoms with Gasteiger partial charge in [-0.05, 0) is 53.3 Å². The van der Waals surface area contributed by atoms with Crippen molar-refractivity contribution in [2.45, 2.75) is 33.2 Å². The highest BCUT2D eigenvalue weighted by molar-refractivity contribution is 6.34. The zero-order chi connectivity index (χ0) is 25.7. The van der Waals surface area contributed by atoms with Gasteiger partial charge in [-0.25, -0.2) is 4.79 Å². The van der Waals surface area contributed by atoms with Crippen LogP contribution in [0.4, 0.5) is 5.82 Å². The van der Waals surface area contributed by atoms with Crippen molar-refractivity contribution in [1.82, 2.24) is 14.9 Å². The molecule has 3 aromatic carbocycles. The van der Waals surface area contributed by atoms with Crippen molar-refractivity contribution in [2.75, 3.05) is 31.1 Å². The Morgan fingerprint density at radius 1 is 1.05 bits per heavy atom. The SMILES string of the molecule is Cc1ccc2c(c1-c1cc3c(cc1Cl)c(N1CCNCC1)nc(=O)n3-c1ccccc1C(C)C)C=NC2. The first-order valence-electron chi connectivity index (χ1n) is 12.9. The summed E-state index contributed by atoms with van der Waals surface area (Å²) in [6.07, 6.45) is 1.94. The second-order valence-corrected chi connectivity index (χ2v) is 10.6. The molecule has 1 N–H and O–H groups in total. The molecule has 0 spiro atoms. The number of benzene rings is 3. The van der Waals surface area contributed by atoms with Gasteiger partial charge in [-0.1, -0.05) is 55.8 Å². The Morgan fingerprint density at radius 2 is 1.84 bits per heavy atom. The Balaban J connectivity index is 1.70. The molecule has 6 rings (SSSR count). The minimum Gasteiger partial charge on any atom is -0.353 e. The van der Waals surface area contributed by atoms with Gasteiger partial charge in [0.1, 0.15) is 5.82 Å². The molecule has 37 heavy (non-hydrogen) atoms. The van der Waals surface area contributed by atoms with Crippen molar-refractivity contribution in [2.24, 2.45) is 4.99 Å². The lowest BCUT2D eigenvalue weighted by atomic mass is 9.92. The molecular formula is C30H30ClN5O. The molecule has 1 saturated heterocycles. The summed E-state index contributed by atoms with van der Waals surface area (Å²) in [5.74, 6) is 0.943. The first-order chi connectivity index (χ1) is 17.9. The van der Waals surface area contributed by atoms with Crippen LogP contribution in [0.5, 0.6) is 0 Å². The molecule has 2 aliphatic rings. The first-order valence-corrected chi connectivity index (χ1v) is 13.3. The van der Waals surface area contributed by atoms with Crippen LogP contribution in [-0.2, 0) is 6.54 Å². The van der Waals surface area contributed by atoms with Gasteiger partial charge in [-0.2, -0.15) is 4.98 Å². The molecule has 0 aliphatic carbocycles. The topological polar surface area (TPSA) is 62.5 Å². The highest BCUT2D eigenvalue weighted by Crippen LogP contribution is 2.40. The number of halogens is 1. The van der Waals surface area contributed by atoms with Crippen LogP contribution in [0.3, 0.4) is 0 Å². The van der Waals surface area contributed by atoms with E-state index in [4.69, 9.17) is 11.6 Å². The standard InChI is InChI=1S/C30H30ClN5O/c1-18(2)21-6-4-5-7-26(21)36-27-15-22(28-19(3)8-9-20-16-33-17-24(20)28)25(31)14-23(27)29(34-30(36)37)35-12-10-32-11-13-35/h4-9,14-15,17-18,32H,10-13,16H2,1-3H3. The summed E-state index contributed by atoms with van der Waals surface area (Å²) in [4.78, 5) is 25.2. The molecule has 0 radical (unpaired) electrons. The molecule has 7 heteroatoms. The molecule has 3 heterocycles. The second-order valence-electron chi connectivity index (χ2n) is 10.2. The Bertz CT molecular complexity index is 1620. The van der Waals surface area contributed by atoms with E-state index >= 15 is 0 Å². The number of piperazine rings is 1. The molecular weight excluding hydrogens is 482 g/mol. The predicted octanol–water partition coefficient (Wildman–Crippen LogP) is 5.48. The van der Waals surface area contributed by atoms with Crippen LogP contribution in [0.25, 0.3) is 27.7 Å². The summed E-state index contributed by atoms with van der Waals surface area (Å²) in [7, 11) is 0. The van der Waals surface area contributed by atoms with Crippen molar-refractivity contribution in [1.29, 1.82) is 0 Å². The molecule has 0 amide bonds. The van der Waals surface area contributed by atoms with Crippen LogP contribution in [-0.4, -0.2) is 41.9 Å². The van der Waals surface area contributed by atoms with Gasteiger partial charge in [0.25, 0.3) is 0 Å². The van der Waals surface area contributed by atoms with Crippen LogP contribution < -0.4 is 15.9 Å². The number of para-hydroxylation sites is 1. The number of anilines is 1. The lowest BCUT2D eigenvalue weighted by Crippen LogP contribution is -2.44. The Morgan fingerprint density at radius 3 is 2.62 bits per heavy atom. The van der Waals surface area contributed by atoms with E-state index in [-0.39, 0.29) is 11.6 Å². The van der Waals surface area contributed by atoms with E-state index in [1.165, 1.54) is 5.56 Å². The summed E-state index contributed by atoms with van der Waals surface area (Å²) in [6, 6.07) is 16.4. The van der Waals surface area contributed by atoms with Crippen molar-refractivity contribution >= 4 is 34.5 Å². The van der Waals surface area contributed by atoms with Crippen molar-refractivity contribution < 1.29 is 0 Å². The normalized spacial score (nSPS) is 15.1. The monoisotopic (exact) mass is 511 g/mol. The van der Waals surface area contributed by atoms with Gasteiger partial charge in [0.2, 0.25) is 0 Å². The number of aryl methyl sites for hydroxylation is 1. The second kappa shape index (κ2) is 9.43. The number of rotatable bonds is 4. The molecule has 4 aromatic rings. The number of hydrogen-bond acceptors (Lipinski definition) is 5. The average Bonchev–Trinajstić information content (AvgIpc) is 3.38. The van der Waals surface area contributed by atoms with Crippen LogP contribution in [0.2, 0.25) is 5.02 Å². The number of nitrogens with one attached hydrogen (secondary N) is 1. The van der Waals surface area contributed by atoms with E-state index in [0.717, 1.165) is 70.6 Å². The minimum atomic E-state index is -0.279. The molecule has 0 saturated carbocycles. The number of nitrogens with zero attached hydrogens (tertiary/aromatic N) is 4. The number of aliphatic imine (C=N–C) groups is 1. The van der Waals surface area contributed by atoms with E-state index in [9.17, 15) is 4.79 Å². The largest absolute Gasteiger partial charge is 0.354 e. The Kier molecular flexibility index (Phi) is 6.09. The smallest absolute Gasteiger partial charge is 0.353 e. The summed E-state index contributed by atoms with van der Waals surface area (Å²) < 4.78 is 1.77. The lowest BCUT2D eigenvalue weighted by molar-refractivity contribution is 0.585. The molecule has 188 valence electrons. The van der Waals surface area contributed by atoms with Gasteiger partial charge >= 0.3 is 5.69 Å². The molecule has 0 unspecified atom stereocenters. The van der Waals surface area contributed by atoms with Gasteiger partial charge in [-0.15, -0.1) is 0 Å². The Labute approximate surface area is 221 Å². The predicted molar refractivity (Wildman–Crippen MR) is 153 cm³/mol.